The summed E-state index contributed by atoms with van der Waals surface area (Å²) in [6.45, 7) is 2.47. The van der Waals surface area contributed by atoms with Crippen molar-refractivity contribution >= 4 is 0 Å². The molecule has 19 heavy (non-hydrogen) atoms. The smallest absolute Gasteiger partial charge is 0.140 e. The lowest BCUT2D eigenvalue weighted by Gasteiger charge is -2.15. The van der Waals surface area contributed by atoms with Gasteiger partial charge in [0, 0.05) is 24.3 Å². The summed E-state index contributed by atoms with van der Waals surface area (Å²) in [4.78, 5) is 3.91. The molecule has 0 spiro atoms. The van der Waals surface area contributed by atoms with Gasteiger partial charge in [-0.15, -0.1) is 0 Å². The Morgan fingerprint density at radius 1 is 1.37 bits per heavy atom. The van der Waals surface area contributed by atoms with Gasteiger partial charge in [0.05, 0.1) is 0 Å². The molecule has 0 radical (unpaired) electrons. The summed E-state index contributed by atoms with van der Waals surface area (Å²) in [5.74, 6) is -0.213. The van der Waals surface area contributed by atoms with Crippen molar-refractivity contribution in [3.63, 3.8) is 0 Å². The number of hydrogen-bond donors (Lipinski definition) is 1. The number of nitriles is 1. The minimum Gasteiger partial charge on any atom is -0.306 e. The third-order valence-electron chi connectivity index (χ3n) is 2.92. The summed E-state index contributed by atoms with van der Waals surface area (Å²) in [7, 11) is 0. The lowest BCUT2D eigenvalue weighted by Crippen LogP contribution is -2.19. The molecule has 0 saturated heterocycles. The number of benzene rings is 1. The van der Waals surface area contributed by atoms with Crippen LogP contribution in [0.2, 0.25) is 0 Å². The van der Waals surface area contributed by atoms with E-state index in [1.54, 1.807) is 24.4 Å². The van der Waals surface area contributed by atoms with E-state index in [9.17, 15) is 4.39 Å². The molecule has 0 saturated carbocycles. The van der Waals surface area contributed by atoms with E-state index in [-0.39, 0.29) is 11.9 Å². The highest BCUT2D eigenvalue weighted by atomic mass is 19.1. The van der Waals surface area contributed by atoms with Crippen LogP contribution in [0.3, 0.4) is 0 Å². The fraction of sp³-hybridized carbons (Fsp3) is 0.200. The maximum atomic E-state index is 13.6. The predicted octanol–water partition coefficient (Wildman–Crippen LogP) is 2.94. The van der Waals surface area contributed by atoms with E-state index in [2.05, 4.69) is 10.3 Å². The fourth-order valence-electron chi connectivity index (χ4n) is 1.85. The van der Waals surface area contributed by atoms with Gasteiger partial charge >= 0.3 is 0 Å². The van der Waals surface area contributed by atoms with Crippen molar-refractivity contribution in [3.8, 4) is 6.07 Å². The average molecular weight is 255 g/mol. The van der Waals surface area contributed by atoms with Crippen molar-refractivity contribution < 1.29 is 4.39 Å². The first-order chi connectivity index (χ1) is 9.20. The Labute approximate surface area is 111 Å². The number of pyridine rings is 1. The first-order valence-corrected chi connectivity index (χ1v) is 6.03. The van der Waals surface area contributed by atoms with E-state index >= 15 is 0 Å². The average Bonchev–Trinajstić information content (AvgIpc) is 2.45. The predicted molar refractivity (Wildman–Crippen MR) is 70.6 cm³/mol. The molecule has 3 nitrogen and oxygen atoms in total. The van der Waals surface area contributed by atoms with Gasteiger partial charge in [-0.1, -0.05) is 18.2 Å². The number of nitrogens with one attached hydrogen (secondary N) is 1. The molecule has 2 aromatic rings. The molecule has 96 valence electrons. The molecule has 0 aliphatic heterocycles. The number of hydrogen-bond acceptors (Lipinski definition) is 3. The monoisotopic (exact) mass is 255 g/mol. The highest BCUT2D eigenvalue weighted by molar-refractivity contribution is 5.26. The Bertz CT molecular complexity index is 604. The lowest BCUT2D eigenvalue weighted by molar-refractivity contribution is 0.528. The summed E-state index contributed by atoms with van der Waals surface area (Å²) in [6.07, 6.45) is 1.60. The summed E-state index contributed by atoms with van der Waals surface area (Å²) in [5, 5.41) is 12.0. The van der Waals surface area contributed by atoms with Gasteiger partial charge in [-0.05, 0) is 30.7 Å². The Morgan fingerprint density at radius 2 is 2.16 bits per heavy atom. The second-order valence-electron chi connectivity index (χ2n) is 4.29. The standard InChI is InChI=1S/C15H14FN3/c1-11(14-4-2-3-5-15(14)16)19-10-12-6-7-18-13(8-12)9-17/h2-8,11,19H,10H2,1H3/t11-/m1/s1. The van der Waals surface area contributed by atoms with Crippen LogP contribution < -0.4 is 5.32 Å². The Kier molecular flexibility index (Phi) is 4.22. The molecule has 0 amide bonds. The largest absolute Gasteiger partial charge is 0.306 e. The maximum absolute atomic E-state index is 13.6. The topological polar surface area (TPSA) is 48.7 Å². The van der Waals surface area contributed by atoms with Gasteiger partial charge in [0.2, 0.25) is 0 Å². The lowest BCUT2D eigenvalue weighted by atomic mass is 10.1. The maximum Gasteiger partial charge on any atom is 0.140 e. The second-order valence-corrected chi connectivity index (χ2v) is 4.29. The second kappa shape index (κ2) is 6.07. The van der Waals surface area contributed by atoms with E-state index in [1.807, 2.05) is 25.1 Å². The van der Waals surface area contributed by atoms with Gasteiger partial charge in [0.15, 0.2) is 0 Å². The molecule has 0 aliphatic carbocycles. The van der Waals surface area contributed by atoms with Crippen LogP contribution in [0, 0.1) is 17.1 Å². The molecule has 0 bridgehead atoms. The first-order valence-electron chi connectivity index (χ1n) is 6.03. The molecular weight excluding hydrogens is 241 g/mol. The molecule has 1 N–H and O–H groups in total. The minimum atomic E-state index is -0.213. The van der Waals surface area contributed by atoms with Crippen molar-refractivity contribution in [2.75, 3.05) is 0 Å². The molecule has 0 unspecified atom stereocenters. The highest BCUT2D eigenvalue weighted by Gasteiger charge is 2.09. The van der Waals surface area contributed by atoms with Crippen LogP contribution in [0.25, 0.3) is 0 Å². The quantitative estimate of drug-likeness (QED) is 0.913. The number of halogens is 1. The molecular formula is C15H14FN3. The summed E-state index contributed by atoms with van der Waals surface area (Å²) in [6, 6.07) is 12.2. The fourth-order valence-corrected chi connectivity index (χ4v) is 1.85. The van der Waals surface area contributed by atoms with Crippen LogP contribution in [0.4, 0.5) is 4.39 Å². The number of rotatable bonds is 4. The Hall–Kier alpha value is -2.25. The molecule has 2 rings (SSSR count). The normalized spacial score (nSPS) is 11.8. The summed E-state index contributed by atoms with van der Waals surface area (Å²) >= 11 is 0. The van der Waals surface area contributed by atoms with Gasteiger partial charge in [-0.25, -0.2) is 9.37 Å². The Balaban J connectivity index is 2.03. The third-order valence-corrected chi connectivity index (χ3v) is 2.92. The summed E-state index contributed by atoms with van der Waals surface area (Å²) in [5.41, 5.74) is 1.98. The summed E-state index contributed by atoms with van der Waals surface area (Å²) < 4.78 is 13.6. The van der Waals surface area contributed by atoms with Crippen molar-refractivity contribution in [1.82, 2.24) is 10.3 Å². The van der Waals surface area contributed by atoms with Gasteiger partial charge in [-0.2, -0.15) is 5.26 Å². The van der Waals surface area contributed by atoms with Gasteiger partial charge in [-0.3, -0.25) is 0 Å². The molecule has 1 aromatic heterocycles. The van der Waals surface area contributed by atoms with E-state index in [0.717, 1.165) is 5.56 Å². The molecule has 4 heteroatoms. The van der Waals surface area contributed by atoms with Crippen LogP contribution in [0.5, 0.6) is 0 Å². The molecule has 0 aliphatic rings. The Morgan fingerprint density at radius 3 is 2.89 bits per heavy atom. The zero-order valence-electron chi connectivity index (χ0n) is 10.6. The minimum absolute atomic E-state index is 0.0973. The van der Waals surface area contributed by atoms with Crippen LogP contribution in [-0.4, -0.2) is 4.98 Å². The first kappa shape index (κ1) is 13.2. The zero-order valence-corrected chi connectivity index (χ0v) is 10.6. The van der Waals surface area contributed by atoms with Crippen molar-refractivity contribution in [2.45, 2.75) is 19.5 Å². The van der Waals surface area contributed by atoms with E-state index in [0.29, 0.717) is 17.8 Å². The van der Waals surface area contributed by atoms with Crippen LogP contribution in [0.15, 0.2) is 42.6 Å². The van der Waals surface area contributed by atoms with Crippen LogP contribution in [-0.2, 0) is 6.54 Å². The zero-order chi connectivity index (χ0) is 13.7. The third kappa shape index (κ3) is 3.36. The van der Waals surface area contributed by atoms with Gasteiger partial charge in [0.1, 0.15) is 17.6 Å². The number of aromatic nitrogens is 1. The van der Waals surface area contributed by atoms with E-state index in [1.165, 1.54) is 6.07 Å². The molecule has 1 atom stereocenters. The molecule has 1 heterocycles. The van der Waals surface area contributed by atoms with Crippen molar-refractivity contribution in [3.05, 3.63) is 65.2 Å². The van der Waals surface area contributed by atoms with E-state index < -0.39 is 0 Å². The SMILES string of the molecule is C[C@@H](NCc1ccnc(C#N)c1)c1ccccc1F. The van der Waals surface area contributed by atoms with Crippen molar-refractivity contribution in [1.29, 1.82) is 5.26 Å². The van der Waals surface area contributed by atoms with Crippen molar-refractivity contribution in [2.24, 2.45) is 0 Å². The van der Waals surface area contributed by atoms with Gasteiger partial charge in [0.25, 0.3) is 0 Å². The van der Waals surface area contributed by atoms with Crippen LogP contribution in [0.1, 0.15) is 29.8 Å². The van der Waals surface area contributed by atoms with Crippen LogP contribution >= 0.6 is 0 Å². The highest BCUT2D eigenvalue weighted by Crippen LogP contribution is 2.16. The van der Waals surface area contributed by atoms with Gasteiger partial charge < -0.3 is 5.32 Å². The van der Waals surface area contributed by atoms with E-state index in [4.69, 9.17) is 5.26 Å². The molecule has 0 fully saturated rings. The molecule has 1 aromatic carbocycles. The number of nitrogens with zero attached hydrogens (tertiary/aromatic N) is 2.